The Morgan fingerprint density at radius 1 is 0.389 bits per heavy atom. The summed E-state index contributed by atoms with van der Waals surface area (Å²) in [6.07, 6.45) is 2.74. The van der Waals surface area contributed by atoms with Crippen LogP contribution in [0.5, 0.6) is 52.0 Å². The molecule has 12 aromatic rings. The number of hydrogen-bond acceptors (Lipinski definition) is 18. The van der Waals surface area contributed by atoms with Gasteiger partial charge in [0.15, 0.2) is 0 Å². The molecule has 8 amide bonds. The molecule has 632 valence electrons. The van der Waals surface area contributed by atoms with E-state index in [1.165, 1.54) is 7.11 Å². The summed E-state index contributed by atoms with van der Waals surface area (Å²) in [5.74, 6) is 0.644. The van der Waals surface area contributed by atoms with Gasteiger partial charge in [-0.1, -0.05) is 123 Å². The van der Waals surface area contributed by atoms with Crippen molar-refractivity contribution in [2.24, 2.45) is 22.9 Å². The lowest BCUT2D eigenvalue weighted by Crippen LogP contribution is -2.24. The first-order valence-electron chi connectivity index (χ1n) is 38.9. The summed E-state index contributed by atoms with van der Waals surface area (Å²) in [6, 6.07) is 73.2. The molecule has 2 aromatic heterocycles. The molecule has 0 radical (unpaired) electrons. The quantitative estimate of drug-likeness (QED) is 0.0519. The number of carbonyl (C=O) groups is 8. The summed E-state index contributed by atoms with van der Waals surface area (Å²) < 4.78 is 30.2. The third kappa shape index (κ3) is 21.3. The van der Waals surface area contributed by atoms with Gasteiger partial charge in [-0.25, -0.2) is 9.97 Å². The number of nitrogens with zero attached hydrogens (tertiary/aromatic N) is 9. The van der Waals surface area contributed by atoms with Crippen LogP contribution in [0, 0.1) is 40.9 Å². The highest BCUT2D eigenvalue weighted by molar-refractivity contribution is 9.10. The molecule has 4 atom stereocenters. The van der Waals surface area contributed by atoms with E-state index in [-0.39, 0.29) is 78.0 Å². The van der Waals surface area contributed by atoms with Gasteiger partial charge in [-0.2, -0.15) is 15.8 Å². The first-order chi connectivity index (χ1) is 60.6. The Bertz CT molecular complexity index is 6230. The summed E-state index contributed by atoms with van der Waals surface area (Å²) >= 11 is 28.2. The molecule has 0 saturated carbocycles. The van der Waals surface area contributed by atoms with E-state index in [0.717, 1.165) is 26.7 Å². The van der Waals surface area contributed by atoms with Crippen LogP contribution in [-0.4, -0.2) is 90.5 Å². The number of carbonyl (C=O) groups excluding carboxylic acids is 8. The van der Waals surface area contributed by atoms with Gasteiger partial charge in [0.25, 0.3) is 0 Å². The molecule has 4 saturated heterocycles. The van der Waals surface area contributed by atoms with E-state index in [1.54, 1.807) is 239 Å². The normalized spacial score (nSPS) is 15.6. The minimum atomic E-state index is -0.556. The van der Waals surface area contributed by atoms with E-state index < -0.39 is 23.6 Å². The average Bonchev–Trinajstić information content (AvgIpc) is 1.62. The minimum absolute atomic E-state index is 0.0321. The van der Waals surface area contributed by atoms with Gasteiger partial charge in [0.1, 0.15) is 69.6 Å². The smallest absolute Gasteiger partial charge is 0.248 e. The molecule has 126 heavy (non-hydrogen) atoms. The Morgan fingerprint density at radius 3 is 1.10 bits per heavy atom. The first-order valence-corrected chi connectivity index (χ1v) is 41.2. The number of halogens is 5. The molecule has 16 rings (SSSR count). The van der Waals surface area contributed by atoms with Crippen LogP contribution < -0.4 is 66.2 Å². The number of hydrogen-bond donors (Lipinski definition) is 4. The van der Waals surface area contributed by atoms with Crippen LogP contribution in [0.25, 0.3) is 0 Å². The van der Waals surface area contributed by atoms with E-state index >= 15 is 0 Å². The Hall–Kier alpha value is -14.6. The van der Waals surface area contributed by atoms with Crippen molar-refractivity contribution in [1.82, 2.24) is 9.97 Å². The molecule has 8 N–H and O–H groups in total. The largest absolute Gasteiger partial charge is 0.495 e. The van der Waals surface area contributed by atoms with Crippen molar-refractivity contribution in [3.63, 3.8) is 0 Å². The van der Waals surface area contributed by atoms with Gasteiger partial charge in [0.05, 0.1) is 12.7 Å². The van der Waals surface area contributed by atoms with Crippen molar-refractivity contribution < 1.29 is 62.0 Å². The second kappa shape index (κ2) is 40.1. The zero-order valence-corrected chi connectivity index (χ0v) is 71.7. The number of primary amides is 4. The fourth-order valence-corrected chi connectivity index (χ4v) is 15.8. The Labute approximate surface area is 751 Å². The molecule has 0 unspecified atom stereocenters. The van der Waals surface area contributed by atoms with Crippen molar-refractivity contribution >= 4 is 132 Å². The summed E-state index contributed by atoms with van der Waals surface area (Å²) in [5, 5.41) is 30.3. The molecule has 0 aliphatic carbocycles. The molecular weight excluding hydrogens is 1750 g/mol. The highest BCUT2D eigenvalue weighted by Crippen LogP contribution is 2.46. The Morgan fingerprint density at radius 2 is 0.746 bits per heavy atom. The summed E-state index contributed by atoms with van der Waals surface area (Å²) in [5.41, 5.74) is 30.3. The van der Waals surface area contributed by atoms with Crippen molar-refractivity contribution in [2.45, 2.75) is 56.3 Å². The fraction of sp³-hybridized carbons (Fsp3) is 0.147. The summed E-state index contributed by atoms with van der Waals surface area (Å²) in [6.45, 7) is 3.46. The highest BCUT2D eigenvalue weighted by atomic mass is 79.9. The number of amides is 8. The number of benzene rings is 10. The van der Waals surface area contributed by atoms with Crippen LogP contribution in [0.2, 0.25) is 20.1 Å². The lowest BCUT2D eigenvalue weighted by atomic mass is 9.97. The summed E-state index contributed by atoms with van der Waals surface area (Å²) in [7, 11) is 1.48. The fourth-order valence-electron chi connectivity index (χ4n) is 14.8. The third-order valence-corrected chi connectivity index (χ3v) is 22.4. The van der Waals surface area contributed by atoms with Crippen molar-refractivity contribution in [3.05, 3.63) is 334 Å². The van der Waals surface area contributed by atoms with Gasteiger partial charge in [-0.05, 0) is 177 Å². The monoisotopic (exact) mass is 1820 g/mol. The van der Waals surface area contributed by atoms with E-state index in [4.69, 9.17) is 93.0 Å². The maximum Gasteiger partial charge on any atom is 0.248 e. The highest BCUT2D eigenvalue weighted by Gasteiger charge is 2.39. The van der Waals surface area contributed by atoms with Crippen LogP contribution in [0.4, 0.5) is 22.7 Å². The van der Waals surface area contributed by atoms with E-state index in [1.807, 2.05) is 30.3 Å². The van der Waals surface area contributed by atoms with Crippen molar-refractivity contribution in [3.8, 4) is 70.2 Å². The van der Waals surface area contributed by atoms with Gasteiger partial charge < -0.3 is 66.2 Å². The van der Waals surface area contributed by atoms with Gasteiger partial charge in [0, 0.05) is 185 Å². The molecule has 26 nitrogen and oxygen atoms in total. The number of pyridine rings is 2. The van der Waals surface area contributed by atoms with Crippen LogP contribution in [-0.2, 0) is 19.2 Å². The molecule has 31 heteroatoms. The standard InChI is InChI=1S/C25H20ClN3O4.C24H17BrClN3O3.C24H19ClN4O3.C22H18ClN3O3/c1-32-21-6-3-7-22(20(21)13-27)33-23-12-17(26)8-9-19(23)16-11-24(30)29(14-16)18-5-2-4-15(10-18)25(28)31;25-17-5-4-15(12-27)21(10-17)32-22-11-18(26)6-7-20(22)16-9-23(30)29(13-16)19-3-1-2-14(8-19)24(28)31;1-14-5-6-16(12-26)24(28-14)32-21-11-18(25)7-8-20(21)17-10-22(30)29(13-17)19-4-2-3-15(9-19)23(27)31;23-16-7-8-18(19(12-16)29-20-6-1-2-9-25-20)15-11-21(27)26(13-15)17-5-3-4-14(10-17)22(24)28/h2-10,12,16H,11,14H2,1H3,(H2,28,31);1-8,10-11,16H,9,13H2,(H2,28,31);2-9,11,17H,10,13H2,1H3,(H2,27,31);1-10,12,15H,11,13H2,(H2,24,28)/t2*16-;17-;15-/m0000/s1. The first kappa shape index (κ1) is 89.1. The van der Waals surface area contributed by atoms with Gasteiger partial charge >= 0.3 is 0 Å². The van der Waals surface area contributed by atoms with Crippen LogP contribution >= 0.6 is 62.3 Å². The third-order valence-electron chi connectivity index (χ3n) is 20.9. The Balaban J connectivity index is 0.000000144. The second-order valence-electron chi connectivity index (χ2n) is 29.2. The van der Waals surface area contributed by atoms with Gasteiger partial charge in [-0.15, -0.1) is 0 Å². The van der Waals surface area contributed by atoms with Gasteiger partial charge in [-0.3, -0.25) is 38.4 Å². The predicted octanol–water partition coefficient (Wildman–Crippen LogP) is 18.5. The molecular formula is C95H74BrCl4N13O13. The second-order valence-corrected chi connectivity index (χ2v) is 31.9. The number of nitriles is 3. The lowest BCUT2D eigenvalue weighted by molar-refractivity contribution is -0.118. The van der Waals surface area contributed by atoms with Crippen molar-refractivity contribution in [1.29, 1.82) is 15.8 Å². The van der Waals surface area contributed by atoms with E-state index in [0.29, 0.717) is 161 Å². The number of aryl methyl sites for hydroxylation is 1. The number of ether oxygens (including phenoxy) is 5. The zero-order chi connectivity index (χ0) is 89.6. The zero-order valence-electron chi connectivity index (χ0n) is 67.1. The number of anilines is 4. The molecule has 4 aliphatic rings. The van der Waals surface area contributed by atoms with E-state index in [9.17, 15) is 54.1 Å². The molecule has 4 fully saturated rings. The number of aromatic nitrogens is 2. The average molecular weight is 1830 g/mol. The molecule has 0 bridgehead atoms. The molecule has 6 heterocycles. The SMILES string of the molecule is COc1cccc(Oc2cc(Cl)ccc2[C@H]2CC(=O)N(c3cccc(C(N)=O)c3)C2)c1C#N.Cc1ccc(C#N)c(Oc2cc(Cl)ccc2[C@H]2CC(=O)N(c3cccc(C(N)=O)c3)C2)n1.N#Cc1ccc(Br)cc1Oc1cc(Cl)ccc1[C@H]1CC(=O)N(c2cccc(C(N)=O)c2)C1.NC(=O)c1cccc(N2C[C@@H](c3ccc(Cl)cc3Oc3ccccn3)CC2=O)c1. The van der Waals surface area contributed by atoms with Crippen molar-refractivity contribution in [2.75, 3.05) is 52.9 Å². The van der Waals surface area contributed by atoms with Crippen LogP contribution in [0.1, 0.15) is 135 Å². The topological polar surface area (TPSA) is 397 Å². The maximum absolute atomic E-state index is 12.8. The number of methoxy groups -OCH3 is 1. The molecule has 10 aromatic carbocycles. The van der Waals surface area contributed by atoms with Crippen LogP contribution in [0.3, 0.4) is 0 Å². The maximum atomic E-state index is 12.8. The summed E-state index contributed by atoms with van der Waals surface area (Å²) in [4.78, 5) is 112. The van der Waals surface area contributed by atoms with E-state index in [2.05, 4.69) is 44.1 Å². The number of rotatable bonds is 21. The molecule has 4 aliphatic heterocycles. The van der Waals surface area contributed by atoms with Crippen LogP contribution in [0.15, 0.2) is 247 Å². The minimum Gasteiger partial charge on any atom is -0.495 e. The predicted molar refractivity (Wildman–Crippen MR) is 479 cm³/mol. The Kier molecular flexibility index (Phi) is 28.4. The molecule has 0 spiro atoms. The lowest BCUT2D eigenvalue weighted by Gasteiger charge is -2.19. The number of nitrogens with two attached hydrogens (primary N) is 4. The van der Waals surface area contributed by atoms with Gasteiger partial charge in [0.2, 0.25) is 59.0 Å².